The van der Waals surface area contributed by atoms with Crippen molar-refractivity contribution in [2.24, 2.45) is 0 Å². The van der Waals surface area contributed by atoms with Gasteiger partial charge in [0.25, 0.3) is 0 Å². The molecule has 0 fully saturated rings. The molecule has 0 aromatic carbocycles. The van der Waals surface area contributed by atoms with Gasteiger partial charge in [0.2, 0.25) is 0 Å². The summed E-state index contributed by atoms with van der Waals surface area (Å²) in [4.78, 5) is 38.1. The standard InChI is InChI=1S/C62H106O6/c1-4-7-10-13-16-19-22-25-28-29-30-31-32-33-35-37-40-43-46-49-52-55-61(64)67-58-59(57-66-60(63)54-51-48-45-42-39-36-27-24-21-18-15-12-9-6-3)68-62(65)56-53-50-47-44-41-38-34-26-23-20-17-14-11-8-5-2/h7,10,16,19,25-26,28,30-31,33-35,40,43,59H,4-6,8-9,11-15,17-18,20-24,27,29,32,36-39,41-42,44-58H2,1-3H3/b10-7-,19-16-,28-25-,31-30-,34-26-,35-33-,43-40-. The molecule has 68 heavy (non-hydrogen) atoms. The molecule has 0 radical (unpaired) electrons. The number of carbonyl (C=O) groups excluding carboxylic acids is 3. The Morgan fingerprint density at radius 1 is 0.309 bits per heavy atom. The minimum Gasteiger partial charge on any atom is -0.462 e. The number of unbranched alkanes of at least 4 members (excludes halogenated alkanes) is 26. The Morgan fingerprint density at radius 3 is 0.941 bits per heavy atom. The van der Waals surface area contributed by atoms with E-state index in [2.05, 4.69) is 106 Å². The third kappa shape index (κ3) is 53.5. The van der Waals surface area contributed by atoms with Gasteiger partial charge >= 0.3 is 17.9 Å². The third-order valence-corrected chi connectivity index (χ3v) is 12.1. The fourth-order valence-electron chi connectivity index (χ4n) is 7.85. The van der Waals surface area contributed by atoms with Gasteiger partial charge in [0.05, 0.1) is 0 Å². The van der Waals surface area contributed by atoms with Crippen LogP contribution in [0.1, 0.15) is 271 Å². The number of ether oxygens (including phenoxy) is 3. The summed E-state index contributed by atoms with van der Waals surface area (Å²) in [5.41, 5.74) is 0. The highest BCUT2D eigenvalue weighted by Crippen LogP contribution is 2.15. The molecule has 0 saturated heterocycles. The molecule has 0 saturated carbocycles. The molecule has 1 atom stereocenters. The number of allylic oxidation sites excluding steroid dienone is 14. The van der Waals surface area contributed by atoms with E-state index in [4.69, 9.17) is 14.2 Å². The maximum Gasteiger partial charge on any atom is 0.306 e. The quantitative estimate of drug-likeness (QED) is 0.0262. The van der Waals surface area contributed by atoms with Gasteiger partial charge in [-0.1, -0.05) is 241 Å². The van der Waals surface area contributed by atoms with Crippen LogP contribution in [0.5, 0.6) is 0 Å². The molecule has 0 N–H and O–H groups in total. The van der Waals surface area contributed by atoms with Crippen LogP contribution >= 0.6 is 0 Å². The topological polar surface area (TPSA) is 78.9 Å². The molecule has 0 aromatic heterocycles. The highest BCUT2D eigenvalue weighted by Gasteiger charge is 2.19. The first kappa shape index (κ1) is 64.6. The lowest BCUT2D eigenvalue weighted by atomic mass is 10.0. The van der Waals surface area contributed by atoms with Gasteiger partial charge in [0.15, 0.2) is 6.10 Å². The van der Waals surface area contributed by atoms with Crippen LogP contribution in [0.3, 0.4) is 0 Å². The smallest absolute Gasteiger partial charge is 0.306 e. The first-order valence-corrected chi connectivity index (χ1v) is 28.6. The lowest BCUT2D eigenvalue weighted by Crippen LogP contribution is -2.30. The summed E-state index contributed by atoms with van der Waals surface area (Å²) in [6.07, 6.45) is 72.8. The van der Waals surface area contributed by atoms with Crippen LogP contribution in [0.15, 0.2) is 85.1 Å². The Labute approximate surface area is 420 Å². The lowest BCUT2D eigenvalue weighted by molar-refractivity contribution is -0.167. The molecule has 0 aromatic rings. The Hall–Kier alpha value is -3.41. The molecule has 0 bridgehead atoms. The predicted molar refractivity (Wildman–Crippen MR) is 293 cm³/mol. The monoisotopic (exact) mass is 947 g/mol. The average molecular weight is 948 g/mol. The van der Waals surface area contributed by atoms with Gasteiger partial charge < -0.3 is 14.2 Å². The van der Waals surface area contributed by atoms with E-state index in [-0.39, 0.29) is 31.1 Å². The van der Waals surface area contributed by atoms with Crippen molar-refractivity contribution in [1.82, 2.24) is 0 Å². The summed E-state index contributed by atoms with van der Waals surface area (Å²) in [5.74, 6) is -0.939. The van der Waals surface area contributed by atoms with Crippen molar-refractivity contribution in [1.29, 1.82) is 0 Å². The number of carbonyl (C=O) groups is 3. The van der Waals surface area contributed by atoms with E-state index in [1.165, 1.54) is 122 Å². The second-order valence-corrected chi connectivity index (χ2v) is 18.8. The van der Waals surface area contributed by atoms with Crippen molar-refractivity contribution in [3.63, 3.8) is 0 Å². The average Bonchev–Trinajstić information content (AvgIpc) is 3.34. The van der Waals surface area contributed by atoms with Crippen molar-refractivity contribution in [2.75, 3.05) is 13.2 Å². The minimum absolute atomic E-state index is 0.0918. The van der Waals surface area contributed by atoms with Gasteiger partial charge in [0, 0.05) is 19.3 Å². The summed E-state index contributed by atoms with van der Waals surface area (Å²) in [6, 6.07) is 0. The maximum absolute atomic E-state index is 12.8. The highest BCUT2D eigenvalue weighted by atomic mass is 16.6. The number of esters is 3. The van der Waals surface area contributed by atoms with Gasteiger partial charge in [-0.05, 0) is 96.3 Å². The molecule has 6 heteroatoms. The maximum atomic E-state index is 12.8. The SMILES string of the molecule is CC/C=C\C/C=C\C/C=C\C/C=C\C/C=C\C/C=C\CCCCC(=O)OCC(COC(=O)CCCCCCCCCCCCCCCC)OC(=O)CCCCCCC/C=C\CCCCCCCC. The van der Waals surface area contributed by atoms with Gasteiger partial charge in [-0.2, -0.15) is 0 Å². The molecule has 0 aliphatic carbocycles. The fourth-order valence-corrected chi connectivity index (χ4v) is 7.85. The predicted octanol–water partition coefficient (Wildman–Crippen LogP) is 19.2. The van der Waals surface area contributed by atoms with Gasteiger partial charge in [0.1, 0.15) is 13.2 Å². The van der Waals surface area contributed by atoms with Crippen molar-refractivity contribution < 1.29 is 28.6 Å². The molecular weight excluding hydrogens is 841 g/mol. The molecule has 1 unspecified atom stereocenters. The Kier molecular flexibility index (Phi) is 53.4. The zero-order chi connectivity index (χ0) is 49.3. The normalized spacial score (nSPS) is 12.7. The molecule has 0 aliphatic heterocycles. The number of hydrogen-bond donors (Lipinski definition) is 0. The van der Waals surface area contributed by atoms with Crippen molar-refractivity contribution in [2.45, 2.75) is 277 Å². The van der Waals surface area contributed by atoms with Crippen LogP contribution in [0.25, 0.3) is 0 Å². The Morgan fingerprint density at radius 2 is 0.574 bits per heavy atom. The van der Waals surface area contributed by atoms with E-state index in [1.54, 1.807) is 0 Å². The highest BCUT2D eigenvalue weighted by molar-refractivity contribution is 5.71. The molecule has 390 valence electrons. The third-order valence-electron chi connectivity index (χ3n) is 12.1. The number of hydrogen-bond acceptors (Lipinski definition) is 6. The van der Waals surface area contributed by atoms with Crippen molar-refractivity contribution in [3.8, 4) is 0 Å². The summed E-state index contributed by atoms with van der Waals surface area (Å²) in [6.45, 7) is 6.49. The van der Waals surface area contributed by atoms with Crippen molar-refractivity contribution in [3.05, 3.63) is 85.1 Å². The van der Waals surface area contributed by atoms with Crippen LogP contribution < -0.4 is 0 Å². The molecule has 0 rings (SSSR count). The van der Waals surface area contributed by atoms with Crippen LogP contribution in [-0.4, -0.2) is 37.2 Å². The summed E-state index contributed by atoms with van der Waals surface area (Å²) >= 11 is 0. The first-order chi connectivity index (χ1) is 33.5. The van der Waals surface area contributed by atoms with Gasteiger partial charge in [-0.3, -0.25) is 14.4 Å². The van der Waals surface area contributed by atoms with Gasteiger partial charge in [-0.25, -0.2) is 0 Å². The molecular formula is C62H106O6. The summed E-state index contributed by atoms with van der Waals surface area (Å²) < 4.78 is 16.8. The molecule has 0 amide bonds. The zero-order valence-corrected chi connectivity index (χ0v) is 44.6. The first-order valence-electron chi connectivity index (χ1n) is 28.6. The molecule has 0 aliphatic rings. The second kappa shape index (κ2) is 56.2. The van der Waals surface area contributed by atoms with E-state index in [9.17, 15) is 14.4 Å². The van der Waals surface area contributed by atoms with Crippen LogP contribution in [0, 0.1) is 0 Å². The lowest BCUT2D eigenvalue weighted by Gasteiger charge is -2.18. The number of rotatable bonds is 51. The largest absolute Gasteiger partial charge is 0.462 e. The zero-order valence-electron chi connectivity index (χ0n) is 44.6. The minimum atomic E-state index is -0.797. The van der Waals surface area contributed by atoms with E-state index in [0.29, 0.717) is 19.3 Å². The second-order valence-electron chi connectivity index (χ2n) is 18.8. The van der Waals surface area contributed by atoms with E-state index in [0.717, 1.165) is 109 Å². The van der Waals surface area contributed by atoms with E-state index < -0.39 is 6.10 Å². The fraction of sp³-hybridized carbons (Fsp3) is 0.726. The van der Waals surface area contributed by atoms with Crippen LogP contribution in [-0.2, 0) is 28.6 Å². The Balaban J connectivity index is 4.45. The van der Waals surface area contributed by atoms with Crippen LogP contribution in [0.2, 0.25) is 0 Å². The molecule has 0 spiro atoms. The Bertz CT molecular complexity index is 1320. The van der Waals surface area contributed by atoms with Crippen molar-refractivity contribution >= 4 is 17.9 Å². The molecule has 6 nitrogen and oxygen atoms in total. The van der Waals surface area contributed by atoms with E-state index >= 15 is 0 Å². The van der Waals surface area contributed by atoms with Gasteiger partial charge in [-0.15, -0.1) is 0 Å². The van der Waals surface area contributed by atoms with E-state index in [1.807, 2.05) is 0 Å². The summed E-state index contributed by atoms with van der Waals surface area (Å²) in [5, 5.41) is 0. The van der Waals surface area contributed by atoms with Crippen LogP contribution in [0.4, 0.5) is 0 Å². The summed E-state index contributed by atoms with van der Waals surface area (Å²) in [7, 11) is 0. The molecule has 0 heterocycles.